The number of sulfone groups is 1. The van der Waals surface area contributed by atoms with Gasteiger partial charge in [-0.2, -0.15) is 0 Å². The van der Waals surface area contributed by atoms with Crippen molar-refractivity contribution in [1.82, 2.24) is 0 Å². The van der Waals surface area contributed by atoms with Gasteiger partial charge in [0.2, 0.25) is 0 Å². The first-order valence-electron chi connectivity index (χ1n) is 7.42. The van der Waals surface area contributed by atoms with Gasteiger partial charge in [0.25, 0.3) is 0 Å². The molecule has 0 amide bonds. The van der Waals surface area contributed by atoms with Crippen LogP contribution in [0.4, 0.5) is 0 Å². The van der Waals surface area contributed by atoms with Crippen molar-refractivity contribution in [2.24, 2.45) is 0 Å². The second-order valence-electron chi connectivity index (χ2n) is 5.63. The summed E-state index contributed by atoms with van der Waals surface area (Å²) >= 11 is 5.88. The fourth-order valence-corrected chi connectivity index (χ4v) is 3.45. The number of fused-ring (bicyclic) bond motifs is 1. The number of ketones is 1. The van der Waals surface area contributed by atoms with Crippen molar-refractivity contribution in [3.63, 3.8) is 0 Å². The number of carbonyl (C=O) groups is 1. The fourth-order valence-electron chi connectivity index (χ4n) is 2.67. The van der Waals surface area contributed by atoms with Crippen LogP contribution in [0.3, 0.4) is 0 Å². The van der Waals surface area contributed by atoms with Crippen molar-refractivity contribution in [2.45, 2.75) is 4.90 Å². The van der Waals surface area contributed by atoms with Crippen LogP contribution in [0.5, 0.6) is 5.75 Å². The second-order valence-corrected chi connectivity index (χ2v) is 8.09. The molecule has 0 atom stereocenters. The van der Waals surface area contributed by atoms with Gasteiger partial charge in [0.15, 0.2) is 15.6 Å². The number of benzene rings is 3. The molecule has 0 saturated heterocycles. The first-order valence-corrected chi connectivity index (χ1v) is 9.69. The summed E-state index contributed by atoms with van der Waals surface area (Å²) in [5, 5.41) is 1.83. The molecule has 128 valence electrons. The van der Waals surface area contributed by atoms with Gasteiger partial charge in [0.1, 0.15) is 5.75 Å². The summed E-state index contributed by atoms with van der Waals surface area (Å²) in [7, 11) is -1.84. The minimum atomic E-state index is -3.33. The van der Waals surface area contributed by atoms with E-state index in [0.29, 0.717) is 32.7 Å². The van der Waals surface area contributed by atoms with E-state index in [9.17, 15) is 13.2 Å². The molecule has 3 aromatic carbocycles. The molecular weight excluding hydrogens is 360 g/mol. The first-order chi connectivity index (χ1) is 11.8. The van der Waals surface area contributed by atoms with Gasteiger partial charge in [-0.05, 0) is 53.2 Å². The van der Waals surface area contributed by atoms with E-state index in [0.717, 1.165) is 6.26 Å². The quantitative estimate of drug-likeness (QED) is 0.644. The first kappa shape index (κ1) is 17.5. The molecule has 0 heterocycles. The summed E-state index contributed by atoms with van der Waals surface area (Å²) in [4.78, 5) is 13.2. The molecule has 0 unspecified atom stereocenters. The van der Waals surface area contributed by atoms with E-state index >= 15 is 0 Å². The third kappa shape index (κ3) is 3.38. The molecule has 0 radical (unpaired) electrons. The highest BCUT2D eigenvalue weighted by molar-refractivity contribution is 7.90. The normalized spacial score (nSPS) is 11.5. The molecular formula is C19H15ClO4S. The van der Waals surface area contributed by atoms with Crippen molar-refractivity contribution in [3.8, 4) is 5.75 Å². The van der Waals surface area contributed by atoms with E-state index in [1.54, 1.807) is 48.5 Å². The van der Waals surface area contributed by atoms with Crippen molar-refractivity contribution >= 4 is 38.0 Å². The van der Waals surface area contributed by atoms with Gasteiger partial charge in [-0.3, -0.25) is 4.79 Å². The Balaban J connectivity index is 2.24. The highest BCUT2D eigenvalue weighted by Gasteiger charge is 2.19. The number of rotatable bonds is 4. The number of halogens is 1. The smallest absolute Gasteiger partial charge is 0.197 e. The van der Waals surface area contributed by atoms with E-state index in [4.69, 9.17) is 16.3 Å². The maximum Gasteiger partial charge on any atom is 0.197 e. The Morgan fingerprint density at radius 3 is 2.28 bits per heavy atom. The fraction of sp³-hybridized carbons (Fsp3) is 0.105. The summed E-state index contributed by atoms with van der Waals surface area (Å²) in [6.45, 7) is 0. The zero-order chi connectivity index (χ0) is 18.2. The Morgan fingerprint density at radius 1 is 1.00 bits per heavy atom. The average molecular weight is 375 g/mol. The Morgan fingerprint density at radius 2 is 1.68 bits per heavy atom. The maximum absolute atomic E-state index is 13.0. The van der Waals surface area contributed by atoms with Gasteiger partial charge in [0, 0.05) is 16.8 Å². The van der Waals surface area contributed by atoms with Crippen LogP contribution in [-0.2, 0) is 9.84 Å². The standard InChI is InChI=1S/C19H15ClO4S/c1-24-17-10-5-13-11-15(25(2,22)23)8-9-16(13)18(17)19(21)12-3-6-14(20)7-4-12/h3-11H,1-2H3. The molecule has 3 aromatic rings. The third-order valence-electron chi connectivity index (χ3n) is 3.93. The lowest BCUT2D eigenvalue weighted by Gasteiger charge is -2.12. The highest BCUT2D eigenvalue weighted by atomic mass is 35.5. The average Bonchev–Trinajstić information content (AvgIpc) is 2.59. The summed E-state index contributed by atoms with van der Waals surface area (Å²) in [5.41, 5.74) is 0.866. The third-order valence-corrected chi connectivity index (χ3v) is 5.30. The van der Waals surface area contributed by atoms with Crippen molar-refractivity contribution in [3.05, 3.63) is 70.7 Å². The van der Waals surface area contributed by atoms with Crippen LogP contribution in [0.2, 0.25) is 5.02 Å². The summed E-state index contributed by atoms with van der Waals surface area (Å²) in [6.07, 6.45) is 1.15. The molecule has 0 spiro atoms. The van der Waals surface area contributed by atoms with Crippen molar-refractivity contribution in [2.75, 3.05) is 13.4 Å². The summed E-state index contributed by atoms with van der Waals surface area (Å²) < 4.78 is 28.9. The predicted octanol–water partition coefficient (Wildman–Crippen LogP) is 4.14. The molecule has 25 heavy (non-hydrogen) atoms. The van der Waals surface area contributed by atoms with Gasteiger partial charge in [0.05, 0.1) is 17.6 Å². The lowest BCUT2D eigenvalue weighted by Crippen LogP contribution is -2.05. The second kappa shape index (κ2) is 6.50. The Hall–Kier alpha value is -2.37. The number of hydrogen-bond donors (Lipinski definition) is 0. The molecule has 4 nitrogen and oxygen atoms in total. The monoisotopic (exact) mass is 374 g/mol. The molecule has 0 saturated carbocycles. The van der Waals surface area contributed by atoms with Crippen molar-refractivity contribution < 1.29 is 17.9 Å². The number of carbonyl (C=O) groups excluding carboxylic acids is 1. The molecule has 0 bridgehead atoms. The van der Waals surface area contributed by atoms with Crippen LogP contribution in [0, 0.1) is 0 Å². The van der Waals surface area contributed by atoms with Crippen LogP contribution in [0.15, 0.2) is 59.5 Å². The number of ether oxygens (including phenoxy) is 1. The molecule has 0 aliphatic rings. The van der Waals surface area contributed by atoms with Crippen LogP contribution in [-0.4, -0.2) is 27.6 Å². The lowest BCUT2D eigenvalue weighted by molar-refractivity contribution is 0.103. The van der Waals surface area contributed by atoms with Crippen LogP contribution < -0.4 is 4.74 Å². The maximum atomic E-state index is 13.0. The lowest BCUT2D eigenvalue weighted by atomic mass is 9.96. The van der Waals surface area contributed by atoms with E-state index in [1.807, 2.05) is 0 Å². The molecule has 0 aliphatic heterocycles. The zero-order valence-electron chi connectivity index (χ0n) is 13.6. The van der Waals surface area contributed by atoms with Crippen molar-refractivity contribution in [1.29, 1.82) is 0 Å². The Bertz CT molecular complexity index is 1070. The minimum absolute atomic E-state index is 0.204. The van der Waals surface area contributed by atoms with Crippen LogP contribution >= 0.6 is 11.6 Å². The van der Waals surface area contributed by atoms with Crippen LogP contribution in [0.1, 0.15) is 15.9 Å². The van der Waals surface area contributed by atoms with E-state index < -0.39 is 9.84 Å². The van der Waals surface area contributed by atoms with E-state index in [2.05, 4.69) is 0 Å². The van der Waals surface area contributed by atoms with Gasteiger partial charge in [-0.15, -0.1) is 0 Å². The molecule has 0 aromatic heterocycles. The molecule has 0 N–H and O–H groups in total. The molecule has 0 aliphatic carbocycles. The Kier molecular flexibility index (Phi) is 4.54. The highest BCUT2D eigenvalue weighted by Crippen LogP contribution is 2.31. The summed E-state index contributed by atoms with van der Waals surface area (Å²) in [5.74, 6) is 0.214. The van der Waals surface area contributed by atoms with Gasteiger partial charge in [-0.25, -0.2) is 8.42 Å². The SMILES string of the molecule is COc1ccc2cc(S(C)(=O)=O)ccc2c1C(=O)c1ccc(Cl)cc1. The van der Waals surface area contributed by atoms with E-state index in [1.165, 1.54) is 13.2 Å². The van der Waals surface area contributed by atoms with Gasteiger partial charge < -0.3 is 4.74 Å². The summed E-state index contributed by atoms with van der Waals surface area (Å²) in [6, 6.07) is 14.7. The zero-order valence-corrected chi connectivity index (χ0v) is 15.2. The van der Waals surface area contributed by atoms with Crippen LogP contribution in [0.25, 0.3) is 10.8 Å². The molecule has 3 rings (SSSR count). The largest absolute Gasteiger partial charge is 0.496 e. The predicted molar refractivity (Wildman–Crippen MR) is 98.5 cm³/mol. The molecule has 6 heteroatoms. The molecule has 0 fully saturated rings. The number of hydrogen-bond acceptors (Lipinski definition) is 4. The number of methoxy groups -OCH3 is 1. The van der Waals surface area contributed by atoms with E-state index in [-0.39, 0.29) is 10.7 Å². The topological polar surface area (TPSA) is 60.4 Å². The van der Waals surface area contributed by atoms with Gasteiger partial charge in [-0.1, -0.05) is 23.7 Å². The van der Waals surface area contributed by atoms with Gasteiger partial charge >= 0.3 is 0 Å². The minimum Gasteiger partial charge on any atom is -0.496 e. The Labute approximate surface area is 150 Å².